The number of rotatable bonds is 10. The molecule has 0 aromatic heterocycles. The average Bonchev–Trinajstić information content (AvgIpc) is 3.32. The first kappa shape index (κ1) is 30.4. The molecule has 3 N–H and O–H groups in total. The number of carbonyl (C=O) groups is 4. The summed E-state index contributed by atoms with van der Waals surface area (Å²) >= 11 is 18.8. The number of Topliss-reactive ketones (excluding diaryl/α,β-unsaturated/α-hetero) is 1. The first-order valence-corrected chi connectivity index (χ1v) is 14.0. The molecule has 1 aliphatic carbocycles. The second-order valence-electron chi connectivity index (χ2n) is 9.91. The number of nitrogens with one attached hydrogen (secondary N) is 2. The molecular weight excluding hydrogens is 589 g/mol. The Morgan fingerprint density at radius 2 is 1.71 bits per heavy atom. The number of hydrogen-bond donors (Lipinski definition) is 3. The second-order valence-corrected chi connectivity index (χ2v) is 11.2. The number of halogens is 3. The van der Waals surface area contributed by atoms with Gasteiger partial charge in [0.15, 0.2) is 5.78 Å². The summed E-state index contributed by atoms with van der Waals surface area (Å²) in [7, 11) is 1.61. The lowest BCUT2D eigenvalue weighted by Crippen LogP contribution is -2.41. The van der Waals surface area contributed by atoms with Gasteiger partial charge in [-0.2, -0.15) is 0 Å². The first-order valence-electron chi connectivity index (χ1n) is 12.9. The molecule has 0 radical (unpaired) electrons. The lowest BCUT2D eigenvalue weighted by Gasteiger charge is -2.19. The van der Waals surface area contributed by atoms with Gasteiger partial charge in [-0.05, 0) is 53.8 Å². The van der Waals surface area contributed by atoms with Crippen LogP contribution < -0.4 is 10.6 Å². The molecular formula is C30H28Cl3N3O5. The molecule has 3 aromatic rings. The van der Waals surface area contributed by atoms with Crippen LogP contribution in [0, 0.1) is 5.92 Å². The van der Waals surface area contributed by atoms with Crippen LogP contribution in [0.4, 0.5) is 4.79 Å². The van der Waals surface area contributed by atoms with Crippen LogP contribution in [0.2, 0.25) is 15.1 Å². The number of ketones is 1. The maximum Gasteiger partial charge on any atom is 0.315 e. The normalized spacial score (nSPS) is 14.6. The molecule has 3 aromatic carbocycles. The number of aryl methyl sites for hydroxylation is 1. The number of hydrogen-bond acceptors (Lipinski definition) is 4. The quantitative estimate of drug-likeness (QED) is 0.235. The van der Waals surface area contributed by atoms with Gasteiger partial charge in [0.2, 0.25) is 0 Å². The Bertz CT molecular complexity index is 1470. The number of aliphatic carboxylic acids is 1. The van der Waals surface area contributed by atoms with Crippen LogP contribution >= 0.6 is 34.8 Å². The number of amides is 3. The number of urea groups is 1. The maximum absolute atomic E-state index is 13.1. The minimum absolute atomic E-state index is 0.0725. The van der Waals surface area contributed by atoms with Crippen LogP contribution in [0.15, 0.2) is 60.7 Å². The monoisotopic (exact) mass is 615 g/mol. The van der Waals surface area contributed by atoms with Crippen molar-refractivity contribution in [2.24, 2.45) is 5.92 Å². The standard InChI is InChI=1S/C30H28Cl3N3O5/c1-36(16-17-5-4-7-21(31)11-17)28(38)19-12-23(32)27(24(33)13-19)26(37)14-20(29(39)40)15-34-30(41)35-25-10-9-18-6-2-3-8-22(18)25/h2-8,11-13,20,25H,9-10,14-16H2,1H3,(H,39,40)(H2,34,35,41)/t20-,25+/m0/s1. The van der Waals surface area contributed by atoms with Crippen molar-refractivity contribution in [2.75, 3.05) is 13.6 Å². The van der Waals surface area contributed by atoms with Gasteiger partial charge >= 0.3 is 12.0 Å². The molecule has 0 unspecified atom stereocenters. The molecule has 4 rings (SSSR count). The van der Waals surface area contributed by atoms with E-state index in [2.05, 4.69) is 10.6 Å². The average molecular weight is 617 g/mol. The predicted octanol–water partition coefficient (Wildman–Crippen LogP) is 6.18. The van der Waals surface area contributed by atoms with Gasteiger partial charge < -0.3 is 20.6 Å². The van der Waals surface area contributed by atoms with Crippen LogP contribution in [-0.2, 0) is 17.8 Å². The molecule has 214 valence electrons. The number of carboxylic acids is 1. The zero-order chi connectivity index (χ0) is 29.7. The number of fused-ring (bicyclic) bond motifs is 1. The van der Waals surface area contributed by atoms with E-state index >= 15 is 0 Å². The summed E-state index contributed by atoms with van der Waals surface area (Å²) < 4.78 is 0. The maximum atomic E-state index is 13.1. The highest BCUT2D eigenvalue weighted by atomic mass is 35.5. The summed E-state index contributed by atoms with van der Waals surface area (Å²) in [4.78, 5) is 51.9. The topological polar surface area (TPSA) is 116 Å². The third-order valence-electron chi connectivity index (χ3n) is 6.95. The third kappa shape index (κ3) is 7.58. The molecule has 0 aliphatic heterocycles. The number of nitrogens with zero attached hydrogens (tertiary/aromatic N) is 1. The number of carbonyl (C=O) groups excluding carboxylic acids is 3. The van der Waals surface area contributed by atoms with E-state index in [1.807, 2.05) is 30.3 Å². The van der Waals surface area contributed by atoms with Crippen molar-refractivity contribution in [3.8, 4) is 0 Å². The second kappa shape index (κ2) is 13.4. The first-order chi connectivity index (χ1) is 19.5. The van der Waals surface area contributed by atoms with Gasteiger partial charge in [-0.15, -0.1) is 0 Å². The summed E-state index contributed by atoms with van der Waals surface area (Å²) in [6.07, 6.45) is 1.14. The Hall–Kier alpha value is -3.59. The molecule has 0 fully saturated rings. The van der Waals surface area contributed by atoms with E-state index < -0.39 is 30.1 Å². The Balaban J connectivity index is 1.37. The molecule has 2 atom stereocenters. The Morgan fingerprint density at radius 3 is 2.39 bits per heavy atom. The molecule has 0 saturated carbocycles. The fourth-order valence-electron chi connectivity index (χ4n) is 4.87. The van der Waals surface area contributed by atoms with Gasteiger partial charge in [-0.1, -0.05) is 71.2 Å². The molecule has 0 bridgehead atoms. The van der Waals surface area contributed by atoms with E-state index in [0.717, 1.165) is 24.0 Å². The predicted molar refractivity (Wildman–Crippen MR) is 158 cm³/mol. The van der Waals surface area contributed by atoms with Crippen molar-refractivity contribution in [2.45, 2.75) is 31.8 Å². The zero-order valence-corrected chi connectivity index (χ0v) is 24.4. The minimum atomic E-state index is -1.26. The Labute approximate surface area is 252 Å². The van der Waals surface area contributed by atoms with Crippen molar-refractivity contribution < 1.29 is 24.3 Å². The fourth-order valence-corrected chi connectivity index (χ4v) is 5.78. The number of carboxylic acid groups (broad SMARTS) is 1. The van der Waals surface area contributed by atoms with Gasteiger partial charge in [0.25, 0.3) is 5.91 Å². The van der Waals surface area contributed by atoms with E-state index in [9.17, 15) is 24.3 Å². The summed E-state index contributed by atoms with van der Waals surface area (Å²) in [6, 6.07) is 16.9. The minimum Gasteiger partial charge on any atom is -0.481 e. The van der Waals surface area contributed by atoms with Crippen LogP contribution in [-0.4, -0.2) is 47.3 Å². The molecule has 11 heteroatoms. The van der Waals surface area contributed by atoms with Gasteiger partial charge in [0.1, 0.15) is 0 Å². The highest BCUT2D eigenvalue weighted by molar-refractivity contribution is 6.40. The van der Waals surface area contributed by atoms with Gasteiger partial charge in [0, 0.05) is 37.1 Å². The smallest absolute Gasteiger partial charge is 0.315 e. The molecule has 0 spiro atoms. The molecule has 8 nitrogen and oxygen atoms in total. The molecule has 3 amide bonds. The zero-order valence-electron chi connectivity index (χ0n) is 22.1. The van der Waals surface area contributed by atoms with Crippen molar-refractivity contribution in [1.82, 2.24) is 15.5 Å². The molecule has 1 aliphatic rings. The van der Waals surface area contributed by atoms with E-state index in [1.54, 1.807) is 25.2 Å². The number of benzene rings is 3. The highest BCUT2D eigenvalue weighted by Gasteiger charge is 2.28. The van der Waals surface area contributed by atoms with E-state index in [0.29, 0.717) is 5.02 Å². The lowest BCUT2D eigenvalue weighted by molar-refractivity contribution is -0.141. The molecule has 41 heavy (non-hydrogen) atoms. The van der Waals surface area contributed by atoms with Crippen LogP contribution in [0.5, 0.6) is 0 Å². The van der Waals surface area contributed by atoms with Crippen LogP contribution in [0.3, 0.4) is 0 Å². The largest absolute Gasteiger partial charge is 0.481 e. The SMILES string of the molecule is CN(Cc1cccc(Cl)c1)C(=O)c1cc(Cl)c(C(=O)C[C@@H](CNC(=O)N[C@@H]2CCc3ccccc32)C(=O)O)c(Cl)c1. The fraction of sp³-hybridized carbons (Fsp3) is 0.267. The van der Waals surface area contributed by atoms with Crippen LogP contribution in [0.1, 0.15) is 56.3 Å². The Kier molecular flexibility index (Phi) is 9.91. The van der Waals surface area contributed by atoms with E-state index in [1.165, 1.54) is 22.6 Å². The van der Waals surface area contributed by atoms with E-state index in [4.69, 9.17) is 34.8 Å². The summed E-state index contributed by atoms with van der Waals surface area (Å²) in [6.45, 7) is 0.00478. The van der Waals surface area contributed by atoms with Gasteiger partial charge in [0.05, 0.1) is 27.6 Å². The lowest BCUT2D eigenvalue weighted by atomic mass is 9.97. The van der Waals surface area contributed by atoms with Crippen molar-refractivity contribution in [3.05, 3.63) is 104 Å². The highest BCUT2D eigenvalue weighted by Crippen LogP contribution is 2.31. The summed E-state index contributed by atoms with van der Waals surface area (Å²) in [5.74, 6) is -3.48. The summed E-state index contributed by atoms with van der Waals surface area (Å²) in [5, 5.41) is 15.5. The third-order valence-corrected chi connectivity index (χ3v) is 7.78. The van der Waals surface area contributed by atoms with Crippen LogP contribution in [0.25, 0.3) is 0 Å². The molecule has 0 saturated heterocycles. The van der Waals surface area contributed by atoms with Crippen molar-refractivity contribution >= 4 is 58.5 Å². The molecule has 0 heterocycles. The van der Waals surface area contributed by atoms with Crippen molar-refractivity contribution in [1.29, 1.82) is 0 Å². The summed E-state index contributed by atoms with van der Waals surface area (Å²) in [5.41, 5.74) is 3.12. The Morgan fingerprint density at radius 1 is 1.00 bits per heavy atom. The van der Waals surface area contributed by atoms with E-state index in [-0.39, 0.29) is 46.2 Å². The van der Waals surface area contributed by atoms with Gasteiger partial charge in [-0.25, -0.2) is 4.79 Å². The van der Waals surface area contributed by atoms with Gasteiger partial charge in [-0.3, -0.25) is 14.4 Å². The van der Waals surface area contributed by atoms with Crippen molar-refractivity contribution in [3.63, 3.8) is 0 Å².